The number of aromatic nitrogens is 2. The van der Waals surface area contributed by atoms with Crippen molar-refractivity contribution in [1.29, 1.82) is 0 Å². The van der Waals surface area contributed by atoms with Gasteiger partial charge in [-0.3, -0.25) is 29.7 Å². The first kappa shape index (κ1) is 27.2. The van der Waals surface area contributed by atoms with E-state index >= 15 is 0 Å². The highest BCUT2D eigenvalue weighted by molar-refractivity contribution is 5.94. The zero-order chi connectivity index (χ0) is 28.1. The van der Waals surface area contributed by atoms with Crippen molar-refractivity contribution < 1.29 is 19.5 Å². The normalized spacial score (nSPS) is 17.4. The number of carbonyl (C=O) groups excluding carboxylic acids is 2. The van der Waals surface area contributed by atoms with Gasteiger partial charge in [-0.15, -0.1) is 0 Å². The van der Waals surface area contributed by atoms with Gasteiger partial charge in [-0.25, -0.2) is 5.48 Å². The third-order valence-corrected chi connectivity index (χ3v) is 7.47. The van der Waals surface area contributed by atoms with E-state index in [-0.39, 0.29) is 18.4 Å². The van der Waals surface area contributed by atoms with Crippen molar-refractivity contribution in [3.8, 4) is 5.75 Å². The zero-order valence-corrected chi connectivity index (χ0v) is 22.4. The average Bonchev–Trinajstić information content (AvgIpc) is 2.96. The number of benzene rings is 2. The van der Waals surface area contributed by atoms with Gasteiger partial charge in [-0.2, -0.15) is 0 Å². The van der Waals surface area contributed by atoms with Crippen LogP contribution in [0.15, 0.2) is 73.1 Å². The molecule has 0 radical (unpaired) electrons. The van der Waals surface area contributed by atoms with E-state index in [4.69, 9.17) is 10.5 Å². The fourth-order valence-electron chi connectivity index (χ4n) is 5.78. The molecule has 1 unspecified atom stereocenters. The zero-order valence-electron chi connectivity index (χ0n) is 22.4. The summed E-state index contributed by atoms with van der Waals surface area (Å²) in [6.45, 7) is 3.63. The molecule has 40 heavy (non-hydrogen) atoms. The van der Waals surface area contributed by atoms with Crippen LogP contribution in [0.5, 0.6) is 5.75 Å². The Morgan fingerprint density at radius 3 is 2.77 bits per heavy atom. The minimum Gasteiger partial charge on any atom is -0.489 e. The number of nitrogens with one attached hydrogen (secondary N) is 1. The number of fused-ring (bicyclic) bond motifs is 1. The lowest BCUT2D eigenvalue weighted by Crippen LogP contribution is -2.41. The van der Waals surface area contributed by atoms with Gasteiger partial charge in [0.25, 0.3) is 0 Å². The standard InChI is InChI=1S/C31H33N5O4/c1-20-14-23(25-8-2-3-9-28(25)34-20)19-40-24-10-11-26(31(32)38)27(16-24)30-22(15-29(37)35-39)7-5-13-36(30)18-21-6-4-12-33-17-21/h2-4,6,8-12,14,16-17,22,30,39H,5,7,13,15,18-19H2,1H3,(H2,32,38)(H,35,37)/t22-,30?/m0/s1. The summed E-state index contributed by atoms with van der Waals surface area (Å²) in [5, 5.41) is 10.3. The van der Waals surface area contributed by atoms with E-state index in [1.165, 1.54) is 0 Å². The van der Waals surface area contributed by atoms with Crippen LogP contribution >= 0.6 is 0 Å². The van der Waals surface area contributed by atoms with Gasteiger partial charge < -0.3 is 10.5 Å². The molecule has 9 nitrogen and oxygen atoms in total. The van der Waals surface area contributed by atoms with Crippen LogP contribution in [0.3, 0.4) is 0 Å². The first-order chi connectivity index (χ1) is 19.4. The minimum absolute atomic E-state index is 0.107. The van der Waals surface area contributed by atoms with Crippen molar-refractivity contribution in [3.63, 3.8) is 0 Å². The minimum atomic E-state index is -0.547. The SMILES string of the molecule is Cc1cc(COc2ccc(C(N)=O)c(C3[C@H](CC(=O)NO)CCCN3Cc3cccnc3)c2)c2ccccc2n1. The molecular formula is C31H33N5O4. The first-order valence-corrected chi connectivity index (χ1v) is 13.4. The smallest absolute Gasteiger partial charge is 0.249 e. The molecule has 0 saturated carbocycles. The molecular weight excluding hydrogens is 506 g/mol. The second-order valence-corrected chi connectivity index (χ2v) is 10.3. The largest absolute Gasteiger partial charge is 0.489 e. The highest BCUT2D eigenvalue weighted by Crippen LogP contribution is 2.41. The van der Waals surface area contributed by atoms with E-state index in [9.17, 15) is 14.8 Å². The van der Waals surface area contributed by atoms with E-state index in [2.05, 4.69) is 14.9 Å². The van der Waals surface area contributed by atoms with Crippen molar-refractivity contribution in [2.24, 2.45) is 11.7 Å². The number of pyridine rings is 2. The molecule has 0 aliphatic carbocycles. The van der Waals surface area contributed by atoms with E-state index in [0.29, 0.717) is 30.0 Å². The number of piperidine rings is 1. The molecule has 3 heterocycles. The number of rotatable bonds is 9. The summed E-state index contributed by atoms with van der Waals surface area (Å²) in [6.07, 6.45) is 5.28. The number of aryl methyl sites for hydroxylation is 1. The van der Waals surface area contributed by atoms with Gasteiger partial charge >= 0.3 is 0 Å². The van der Waals surface area contributed by atoms with Crippen LogP contribution in [0.4, 0.5) is 0 Å². The van der Waals surface area contributed by atoms with Crippen LogP contribution in [-0.2, 0) is 17.9 Å². The number of hydrogen-bond acceptors (Lipinski definition) is 7. The third kappa shape index (κ3) is 6.11. The van der Waals surface area contributed by atoms with Crippen molar-refractivity contribution in [2.75, 3.05) is 6.54 Å². The monoisotopic (exact) mass is 539 g/mol. The van der Waals surface area contributed by atoms with Gasteiger partial charge in [-0.05, 0) is 79.8 Å². The number of amides is 2. The number of nitrogens with two attached hydrogens (primary N) is 1. The predicted molar refractivity (Wildman–Crippen MR) is 150 cm³/mol. The van der Waals surface area contributed by atoms with Crippen LogP contribution in [0.25, 0.3) is 10.9 Å². The van der Waals surface area contributed by atoms with Crippen LogP contribution < -0.4 is 16.0 Å². The quantitative estimate of drug-likeness (QED) is 0.211. The number of likely N-dealkylation sites (tertiary alicyclic amines) is 1. The molecule has 2 aromatic carbocycles. The van der Waals surface area contributed by atoms with Gasteiger partial charge in [0.2, 0.25) is 11.8 Å². The molecule has 2 aromatic heterocycles. The Balaban J connectivity index is 1.51. The maximum absolute atomic E-state index is 12.6. The van der Waals surface area contributed by atoms with Crippen molar-refractivity contribution in [2.45, 2.75) is 45.4 Å². The van der Waals surface area contributed by atoms with E-state index in [1.807, 2.05) is 61.7 Å². The molecule has 5 rings (SSSR count). The number of hydrogen-bond donors (Lipinski definition) is 3. The molecule has 4 aromatic rings. The molecule has 0 spiro atoms. The molecule has 1 aliphatic heterocycles. The molecule has 9 heteroatoms. The molecule has 0 bridgehead atoms. The van der Waals surface area contributed by atoms with Crippen LogP contribution in [0.1, 0.15) is 58.0 Å². The second kappa shape index (κ2) is 12.2. The Kier molecular flexibility index (Phi) is 8.33. The van der Waals surface area contributed by atoms with Crippen LogP contribution in [-0.4, -0.2) is 38.4 Å². The van der Waals surface area contributed by atoms with E-state index in [1.54, 1.807) is 23.8 Å². The Hall–Kier alpha value is -4.34. The number of para-hydroxylation sites is 1. The van der Waals surface area contributed by atoms with Crippen molar-refractivity contribution in [3.05, 3.63) is 101 Å². The molecule has 2 atom stereocenters. The maximum atomic E-state index is 12.6. The van der Waals surface area contributed by atoms with Gasteiger partial charge in [0.1, 0.15) is 12.4 Å². The summed E-state index contributed by atoms with van der Waals surface area (Å²) in [5.74, 6) is -0.575. The van der Waals surface area contributed by atoms with Gasteiger partial charge in [0.15, 0.2) is 0 Å². The van der Waals surface area contributed by atoms with Gasteiger partial charge in [-0.1, -0.05) is 24.3 Å². The number of primary amides is 1. The third-order valence-electron chi connectivity index (χ3n) is 7.47. The predicted octanol–water partition coefficient (Wildman–Crippen LogP) is 4.46. The summed E-state index contributed by atoms with van der Waals surface area (Å²) in [4.78, 5) is 36.0. The highest BCUT2D eigenvalue weighted by Gasteiger charge is 2.36. The summed E-state index contributed by atoms with van der Waals surface area (Å²) in [7, 11) is 0. The van der Waals surface area contributed by atoms with Gasteiger partial charge in [0.05, 0.1) is 5.52 Å². The first-order valence-electron chi connectivity index (χ1n) is 13.4. The molecule has 206 valence electrons. The summed E-state index contributed by atoms with van der Waals surface area (Å²) in [5.41, 5.74) is 12.6. The molecule has 1 fully saturated rings. The summed E-state index contributed by atoms with van der Waals surface area (Å²) in [6, 6.07) is 18.9. The second-order valence-electron chi connectivity index (χ2n) is 10.3. The number of hydroxylamine groups is 1. The van der Waals surface area contributed by atoms with Crippen molar-refractivity contribution in [1.82, 2.24) is 20.3 Å². The fraction of sp³-hybridized carbons (Fsp3) is 0.290. The maximum Gasteiger partial charge on any atom is 0.249 e. The molecule has 4 N–H and O–H groups in total. The average molecular weight is 540 g/mol. The summed E-state index contributed by atoms with van der Waals surface area (Å²) < 4.78 is 6.28. The molecule has 1 aliphatic rings. The number of ether oxygens (including phenoxy) is 1. The molecule has 1 saturated heterocycles. The van der Waals surface area contributed by atoms with Crippen molar-refractivity contribution >= 4 is 22.7 Å². The molecule has 2 amide bonds. The Labute approximate surface area is 233 Å². The number of nitrogens with zero attached hydrogens (tertiary/aromatic N) is 3. The van der Waals surface area contributed by atoms with Crippen LogP contribution in [0, 0.1) is 12.8 Å². The van der Waals surface area contributed by atoms with Crippen LogP contribution in [0.2, 0.25) is 0 Å². The Bertz CT molecular complexity index is 1510. The topological polar surface area (TPSA) is 131 Å². The van der Waals surface area contributed by atoms with Gasteiger partial charge in [0, 0.05) is 53.6 Å². The van der Waals surface area contributed by atoms with E-state index < -0.39 is 11.8 Å². The Morgan fingerprint density at radius 2 is 2.00 bits per heavy atom. The number of carbonyl (C=O) groups is 2. The van der Waals surface area contributed by atoms with E-state index in [0.717, 1.165) is 47.1 Å². The lowest BCUT2D eigenvalue weighted by molar-refractivity contribution is -0.131. The lowest BCUT2D eigenvalue weighted by atomic mass is 9.80. The summed E-state index contributed by atoms with van der Waals surface area (Å²) >= 11 is 0. The Morgan fingerprint density at radius 1 is 1.15 bits per heavy atom. The lowest BCUT2D eigenvalue weighted by Gasteiger charge is -2.42. The fourth-order valence-corrected chi connectivity index (χ4v) is 5.78. The highest BCUT2D eigenvalue weighted by atomic mass is 16.5.